The summed E-state index contributed by atoms with van der Waals surface area (Å²) in [6.07, 6.45) is 0.931. The number of benzene rings is 1. The molecule has 0 bridgehead atoms. The Labute approximate surface area is 151 Å². The average molecular weight is 349 g/mol. The summed E-state index contributed by atoms with van der Waals surface area (Å²) in [5, 5.41) is 10.6. The molecule has 1 aliphatic rings. The Morgan fingerprint density at radius 3 is 2.56 bits per heavy atom. The molecule has 25 heavy (non-hydrogen) atoms. The van der Waals surface area contributed by atoms with Crippen molar-refractivity contribution in [2.75, 3.05) is 11.9 Å². The Morgan fingerprint density at radius 1 is 1.12 bits per heavy atom. The van der Waals surface area contributed by atoms with Gasteiger partial charge in [-0.3, -0.25) is 9.69 Å². The number of hydrogen-bond donors (Lipinski definition) is 0. The third kappa shape index (κ3) is 3.07. The first-order chi connectivity index (χ1) is 12.1. The highest BCUT2D eigenvalue weighted by Gasteiger charge is 2.46. The number of amides is 1. The van der Waals surface area contributed by atoms with Crippen molar-refractivity contribution in [3.05, 3.63) is 64.4 Å². The van der Waals surface area contributed by atoms with Crippen molar-refractivity contribution in [3.63, 3.8) is 0 Å². The second kappa shape index (κ2) is 6.41. The lowest BCUT2D eigenvalue weighted by Crippen LogP contribution is -2.29. The molecule has 1 aliphatic carbocycles. The number of carbonyl (C=O) groups excluding carboxylic acids is 1. The highest BCUT2D eigenvalue weighted by molar-refractivity contribution is 7.10. The van der Waals surface area contributed by atoms with E-state index in [0.29, 0.717) is 11.7 Å². The molecule has 0 aliphatic heterocycles. The predicted molar refractivity (Wildman–Crippen MR) is 101 cm³/mol. The van der Waals surface area contributed by atoms with E-state index in [9.17, 15) is 4.79 Å². The van der Waals surface area contributed by atoms with Crippen LogP contribution < -0.4 is 4.90 Å². The molecule has 0 unspecified atom stereocenters. The van der Waals surface area contributed by atoms with Gasteiger partial charge in [-0.15, -0.1) is 21.5 Å². The van der Waals surface area contributed by atoms with Gasteiger partial charge in [0.25, 0.3) is 0 Å². The van der Waals surface area contributed by atoms with E-state index in [0.717, 1.165) is 17.7 Å². The highest BCUT2D eigenvalue weighted by atomic mass is 32.1. The first-order valence-corrected chi connectivity index (χ1v) is 9.24. The average Bonchev–Trinajstić information content (AvgIpc) is 3.34. The molecule has 4 rings (SSSR count). The molecular weight excluding hydrogens is 330 g/mol. The van der Waals surface area contributed by atoms with Gasteiger partial charge in [-0.2, -0.15) is 0 Å². The molecule has 0 spiro atoms. The van der Waals surface area contributed by atoms with Crippen molar-refractivity contribution in [2.45, 2.75) is 19.3 Å². The fourth-order valence-corrected chi connectivity index (χ4v) is 4.26. The molecule has 1 saturated carbocycles. The number of nitrogens with zero attached hydrogens (tertiary/aromatic N) is 3. The molecule has 2 aromatic heterocycles. The van der Waals surface area contributed by atoms with Crippen LogP contribution in [0.3, 0.4) is 0 Å². The zero-order valence-corrected chi connectivity index (χ0v) is 15.0. The maximum atomic E-state index is 12.7. The molecule has 1 aromatic carbocycles. The largest absolute Gasteiger partial charge is 0.298 e. The van der Waals surface area contributed by atoms with Gasteiger partial charge in [0.15, 0.2) is 5.82 Å². The van der Waals surface area contributed by atoms with Gasteiger partial charge in [-0.25, -0.2) is 0 Å². The van der Waals surface area contributed by atoms with Crippen LogP contribution in [0.1, 0.15) is 22.8 Å². The Morgan fingerprint density at radius 2 is 1.92 bits per heavy atom. The fraction of sp³-hybridized carbons (Fsp3) is 0.250. The summed E-state index contributed by atoms with van der Waals surface area (Å²) in [5.41, 5.74) is 3.12. The minimum Gasteiger partial charge on any atom is -0.298 e. The maximum absolute atomic E-state index is 12.7. The second-order valence-corrected chi connectivity index (χ2v) is 7.40. The first kappa shape index (κ1) is 16.0. The summed E-state index contributed by atoms with van der Waals surface area (Å²) < 4.78 is 0. The number of hydrogen-bond acceptors (Lipinski definition) is 4. The number of aryl methyl sites for hydroxylation is 1. The van der Waals surface area contributed by atoms with E-state index >= 15 is 0 Å². The third-order valence-electron chi connectivity index (χ3n) is 4.74. The van der Waals surface area contributed by atoms with Crippen LogP contribution in [0.25, 0.3) is 11.3 Å². The van der Waals surface area contributed by atoms with E-state index in [1.807, 2.05) is 42.5 Å². The van der Waals surface area contributed by atoms with Crippen LogP contribution in [0, 0.1) is 12.8 Å². The lowest BCUT2D eigenvalue weighted by Gasteiger charge is -2.16. The molecule has 1 fully saturated rings. The third-order valence-corrected chi connectivity index (χ3v) is 5.89. The molecule has 126 valence electrons. The van der Waals surface area contributed by atoms with Crippen LogP contribution in [0.4, 0.5) is 5.82 Å². The van der Waals surface area contributed by atoms with Gasteiger partial charge < -0.3 is 0 Å². The molecule has 0 saturated heterocycles. The van der Waals surface area contributed by atoms with Gasteiger partial charge in [0.1, 0.15) is 0 Å². The SMILES string of the molecule is Cc1ccsc1[C@H]1C[C@@H]1C(=O)N(C)c1ccc(-c2ccccc2)nn1. The van der Waals surface area contributed by atoms with Gasteiger partial charge in [-0.05, 0) is 42.5 Å². The Balaban J connectivity index is 1.47. The molecular formula is C20H19N3OS. The number of rotatable bonds is 4. The fourth-order valence-electron chi connectivity index (χ4n) is 3.15. The van der Waals surface area contributed by atoms with Crippen LogP contribution >= 0.6 is 11.3 Å². The zero-order chi connectivity index (χ0) is 17.4. The first-order valence-electron chi connectivity index (χ1n) is 8.36. The van der Waals surface area contributed by atoms with Crippen LogP contribution in [-0.4, -0.2) is 23.2 Å². The van der Waals surface area contributed by atoms with E-state index in [1.54, 1.807) is 23.3 Å². The van der Waals surface area contributed by atoms with Gasteiger partial charge >= 0.3 is 0 Å². The number of aromatic nitrogens is 2. The van der Waals surface area contributed by atoms with Crippen molar-refractivity contribution in [2.24, 2.45) is 5.92 Å². The summed E-state index contributed by atoms with van der Waals surface area (Å²) in [4.78, 5) is 15.7. The minimum absolute atomic E-state index is 0.0675. The molecule has 3 aromatic rings. The van der Waals surface area contributed by atoms with Crippen LogP contribution in [0.5, 0.6) is 0 Å². The summed E-state index contributed by atoms with van der Waals surface area (Å²) in [7, 11) is 1.78. The lowest BCUT2D eigenvalue weighted by molar-refractivity contribution is -0.119. The number of anilines is 1. The Hall–Kier alpha value is -2.53. The van der Waals surface area contributed by atoms with Crippen molar-refractivity contribution in [1.82, 2.24) is 10.2 Å². The molecule has 0 N–H and O–H groups in total. The van der Waals surface area contributed by atoms with E-state index in [1.165, 1.54) is 10.4 Å². The lowest BCUT2D eigenvalue weighted by atomic mass is 10.1. The number of carbonyl (C=O) groups is 1. The smallest absolute Gasteiger partial charge is 0.231 e. The standard InChI is InChI=1S/C20H19N3OS/c1-13-10-11-25-19(13)15-12-16(15)20(24)23(2)18-9-8-17(21-22-18)14-6-4-3-5-7-14/h3-11,15-16H,12H2,1-2H3/t15-,16-/m0/s1. The summed E-state index contributed by atoms with van der Waals surface area (Å²) >= 11 is 1.75. The predicted octanol–water partition coefficient (Wildman–Crippen LogP) is 4.28. The second-order valence-electron chi connectivity index (χ2n) is 6.46. The highest BCUT2D eigenvalue weighted by Crippen LogP contribution is 2.51. The van der Waals surface area contributed by atoms with Gasteiger partial charge in [0, 0.05) is 29.3 Å². The van der Waals surface area contributed by atoms with Crippen LogP contribution in [-0.2, 0) is 4.79 Å². The van der Waals surface area contributed by atoms with Crippen molar-refractivity contribution >= 4 is 23.1 Å². The van der Waals surface area contributed by atoms with Crippen molar-refractivity contribution < 1.29 is 4.79 Å². The van der Waals surface area contributed by atoms with Gasteiger partial charge in [-0.1, -0.05) is 30.3 Å². The molecule has 5 heteroatoms. The normalized spacial score (nSPS) is 18.8. The Kier molecular flexibility index (Phi) is 4.09. The minimum atomic E-state index is 0.0675. The molecule has 4 nitrogen and oxygen atoms in total. The molecule has 1 amide bonds. The Bertz CT molecular complexity index is 889. The quantitative estimate of drug-likeness (QED) is 0.706. The van der Waals surface area contributed by atoms with E-state index < -0.39 is 0 Å². The zero-order valence-electron chi connectivity index (χ0n) is 14.2. The summed E-state index contributed by atoms with van der Waals surface area (Å²) in [6.45, 7) is 2.11. The van der Waals surface area contributed by atoms with Gasteiger partial charge in [0.05, 0.1) is 5.69 Å². The monoisotopic (exact) mass is 349 g/mol. The van der Waals surface area contributed by atoms with Crippen molar-refractivity contribution in [3.8, 4) is 11.3 Å². The molecule has 0 radical (unpaired) electrons. The van der Waals surface area contributed by atoms with E-state index in [4.69, 9.17) is 0 Å². The van der Waals surface area contributed by atoms with E-state index in [2.05, 4.69) is 28.6 Å². The van der Waals surface area contributed by atoms with Crippen LogP contribution in [0.2, 0.25) is 0 Å². The maximum Gasteiger partial charge on any atom is 0.231 e. The summed E-state index contributed by atoms with van der Waals surface area (Å²) in [6, 6.07) is 15.8. The molecule has 2 atom stereocenters. The van der Waals surface area contributed by atoms with Crippen molar-refractivity contribution in [1.29, 1.82) is 0 Å². The summed E-state index contributed by atoms with van der Waals surface area (Å²) in [5.74, 6) is 1.15. The molecule has 2 heterocycles. The van der Waals surface area contributed by atoms with E-state index in [-0.39, 0.29) is 11.8 Å². The van der Waals surface area contributed by atoms with Crippen LogP contribution in [0.15, 0.2) is 53.9 Å². The topological polar surface area (TPSA) is 46.1 Å². The number of thiophene rings is 1. The van der Waals surface area contributed by atoms with Gasteiger partial charge in [0.2, 0.25) is 5.91 Å².